The minimum atomic E-state index is -0.446. The van der Waals surface area contributed by atoms with E-state index in [4.69, 9.17) is 19.0 Å². The Balaban J connectivity index is 1.74. The molecule has 4 rings (SSSR count). The molecule has 0 amide bonds. The zero-order valence-corrected chi connectivity index (χ0v) is 19.8. The van der Waals surface area contributed by atoms with Crippen molar-refractivity contribution in [3.8, 4) is 23.1 Å². The molecule has 0 radical (unpaired) electrons. The van der Waals surface area contributed by atoms with Gasteiger partial charge in [0.15, 0.2) is 11.5 Å². The first-order chi connectivity index (χ1) is 16.6. The van der Waals surface area contributed by atoms with Gasteiger partial charge in [-0.25, -0.2) is 4.68 Å². The van der Waals surface area contributed by atoms with E-state index in [2.05, 4.69) is 4.90 Å². The van der Waals surface area contributed by atoms with Gasteiger partial charge in [-0.1, -0.05) is 37.3 Å². The van der Waals surface area contributed by atoms with Crippen molar-refractivity contribution in [1.82, 2.24) is 14.7 Å². The number of furan rings is 1. The summed E-state index contributed by atoms with van der Waals surface area (Å²) in [6.07, 6.45) is 1.89. The first-order valence-corrected chi connectivity index (χ1v) is 11.5. The first-order valence-electron chi connectivity index (χ1n) is 11.5. The summed E-state index contributed by atoms with van der Waals surface area (Å²) in [5.41, 5.74) is 2.68. The average Bonchev–Trinajstić information content (AvgIpc) is 3.48. The summed E-state index contributed by atoms with van der Waals surface area (Å²) in [5.74, 6) is 2.70. The molecule has 0 spiro atoms. The number of methoxy groups -OCH3 is 1. The molecule has 0 fully saturated rings. The van der Waals surface area contributed by atoms with Gasteiger partial charge < -0.3 is 19.0 Å². The molecule has 0 aliphatic carbocycles. The van der Waals surface area contributed by atoms with E-state index in [1.807, 2.05) is 85.3 Å². The van der Waals surface area contributed by atoms with Gasteiger partial charge in [0, 0.05) is 13.1 Å². The maximum Gasteiger partial charge on any atom is 0.227 e. The molecule has 7 nitrogen and oxygen atoms in total. The number of aromatic nitrogens is 2. The Morgan fingerprint density at radius 1 is 1.00 bits per heavy atom. The van der Waals surface area contributed by atoms with Crippen LogP contribution in [0.25, 0.3) is 5.69 Å². The predicted molar refractivity (Wildman–Crippen MR) is 130 cm³/mol. The van der Waals surface area contributed by atoms with Gasteiger partial charge in [-0.05, 0) is 49.7 Å². The number of para-hydroxylation sites is 3. The highest BCUT2D eigenvalue weighted by Crippen LogP contribution is 2.36. The van der Waals surface area contributed by atoms with Gasteiger partial charge in [0.1, 0.15) is 5.76 Å². The third kappa shape index (κ3) is 5.50. The fraction of sp³-hybridized carbons (Fsp3) is 0.296. The third-order valence-electron chi connectivity index (χ3n) is 5.70. The lowest BCUT2D eigenvalue weighted by Crippen LogP contribution is -2.31. The van der Waals surface area contributed by atoms with Crippen LogP contribution in [0.3, 0.4) is 0 Å². The quantitative estimate of drug-likeness (QED) is 0.325. The van der Waals surface area contributed by atoms with Gasteiger partial charge in [0.2, 0.25) is 5.88 Å². The van der Waals surface area contributed by atoms with Gasteiger partial charge in [0.25, 0.3) is 0 Å². The van der Waals surface area contributed by atoms with Crippen molar-refractivity contribution in [3.63, 3.8) is 0 Å². The number of benzene rings is 2. The van der Waals surface area contributed by atoms with Crippen molar-refractivity contribution >= 4 is 0 Å². The van der Waals surface area contributed by atoms with Gasteiger partial charge in [-0.2, -0.15) is 5.10 Å². The second-order valence-corrected chi connectivity index (χ2v) is 8.18. The summed E-state index contributed by atoms with van der Waals surface area (Å²) < 4.78 is 19.4. The smallest absolute Gasteiger partial charge is 0.227 e. The summed E-state index contributed by atoms with van der Waals surface area (Å²) in [5, 5.41) is 15.2. The van der Waals surface area contributed by atoms with Crippen LogP contribution >= 0.6 is 0 Å². The molecule has 1 atom stereocenters. The van der Waals surface area contributed by atoms with Crippen LogP contribution in [-0.2, 0) is 13.1 Å². The number of hydrogen-bond donors (Lipinski definition) is 1. The molecule has 1 N–H and O–H groups in total. The Morgan fingerprint density at radius 3 is 2.41 bits per heavy atom. The van der Waals surface area contributed by atoms with Gasteiger partial charge >= 0.3 is 0 Å². The fourth-order valence-corrected chi connectivity index (χ4v) is 3.84. The number of aliphatic hydroxyl groups excluding tert-OH is 1. The Labute approximate surface area is 200 Å². The van der Waals surface area contributed by atoms with E-state index in [9.17, 15) is 5.11 Å². The first kappa shape index (κ1) is 23.6. The molecular weight excluding hydrogens is 430 g/mol. The van der Waals surface area contributed by atoms with Crippen LogP contribution in [-0.4, -0.2) is 39.5 Å². The largest absolute Gasteiger partial charge is 0.493 e. The van der Waals surface area contributed by atoms with E-state index in [0.29, 0.717) is 43.4 Å². The highest BCUT2D eigenvalue weighted by molar-refractivity contribution is 5.47. The maximum atomic E-state index is 10.4. The molecule has 0 aliphatic heterocycles. The molecule has 0 unspecified atom stereocenters. The van der Waals surface area contributed by atoms with E-state index < -0.39 is 6.10 Å². The number of rotatable bonds is 11. The zero-order valence-electron chi connectivity index (χ0n) is 19.8. The predicted octanol–water partition coefficient (Wildman–Crippen LogP) is 5.35. The van der Waals surface area contributed by atoms with Gasteiger partial charge in [-0.15, -0.1) is 0 Å². The summed E-state index contributed by atoms with van der Waals surface area (Å²) >= 11 is 0. The van der Waals surface area contributed by atoms with Crippen molar-refractivity contribution in [2.24, 2.45) is 0 Å². The minimum absolute atomic E-state index is 0.446. The summed E-state index contributed by atoms with van der Waals surface area (Å²) in [6, 6.07) is 21.3. The lowest BCUT2D eigenvalue weighted by molar-refractivity contribution is 0.0968. The second kappa shape index (κ2) is 11.0. The summed E-state index contributed by atoms with van der Waals surface area (Å²) in [4.78, 5) is 2.15. The van der Waals surface area contributed by atoms with Crippen LogP contribution in [0.15, 0.2) is 77.4 Å². The number of aliphatic hydroxyl groups is 1. The summed E-state index contributed by atoms with van der Waals surface area (Å²) in [6.45, 7) is 5.55. The Kier molecular flexibility index (Phi) is 7.67. The molecule has 178 valence electrons. The Morgan fingerprint density at radius 2 is 1.74 bits per heavy atom. The molecule has 7 heteroatoms. The van der Waals surface area contributed by atoms with Crippen molar-refractivity contribution in [2.45, 2.75) is 39.5 Å². The monoisotopic (exact) mass is 461 g/mol. The molecule has 2 heterocycles. The van der Waals surface area contributed by atoms with E-state index in [1.54, 1.807) is 13.4 Å². The van der Waals surface area contributed by atoms with Crippen molar-refractivity contribution in [2.75, 3.05) is 13.7 Å². The van der Waals surface area contributed by atoms with Crippen LogP contribution in [0.1, 0.15) is 30.4 Å². The van der Waals surface area contributed by atoms with Crippen LogP contribution in [0.2, 0.25) is 0 Å². The number of aryl methyl sites for hydroxylation is 1. The molecule has 0 aliphatic rings. The lowest BCUT2D eigenvalue weighted by atomic mass is 10.2. The Hall–Kier alpha value is -3.55. The van der Waals surface area contributed by atoms with E-state index in [0.717, 1.165) is 22.7 Å². The van der Waals surface area contributed by atoms with Gasteiger partial charge in [-0.3, -0.25) is 4.90 Å². The number of ether oxygens (including phenoxy) is 2. The molecule has 0 saturated carbocycles. The third-order valence-corrected chi connectivity index (χ3v) is 5.70. The highest BCUT2D eigenvalue weighted by Gasteiger charge is 2.23. The van der Waals surface area contributed by atoms with E-state index in [-0.39, 0.29) is 0 Å². The maximum absolute atomic E-state index is 10.4. The molecule has 4 aromatic rings. The zero-order chi connectivity index (χ0) is 23.9. The number of nitrogens with zero attached hydrogens (tertiary/aromatic N) is 3. The normalized spacial score (nSPS) is 12.1. The standard InChI is InChI=1S/C27H31N3O4/c1-4-22(31)17-29(18-23-13-10-16-33-23)19-24-20(2)28-30(21-11-6-5-7-12-21)27(24)34-26-15-9-8-14-25(26)32-3/h5-16,22,31H,4,17-19H2,1-3H3/t22-/m1/s1. The number of hydrogen-bond acceptors (Lipinski definition) is 6. The van der Waals surface area contributed by atoms with Gasteiger partial charge in [0.05, 0.1) is 43.0 Å². The molecule has 0 bridgehead atoms. The Bertz CT molecular complexity index is 1170. The minimum Gasteiger partial charge on any atom is -0.493 e. The van der Waals surface area contributed by atoms with Crippen molar-refractivity contribution in [1.29, 1.82) is 0 Å². The van der Waals surface area contributed by atoms with E-state index in [1.165, 1.54) is 0 Å². The second-order valence-electron chi connectivity index (χ2n) is 8.18. The molecule has 0 saturated heterocycles. The lowest BCUT2D eigenvalue weighted by Gasteiger charge is -2.24. The topological polar surface area (TPSA) is 72.9 Å². The van der Waals surface area contributed by atoms with Crippen LogP contribution in [0, 0.1) is 6.92 Å². The van der Waals surface area contributed by atoms with Crippen LogP contribution in [0.4, 0.5) is 0 Å². The van der Waals surface area contributed by atoms with Crippen LogP contribution in [0.5, 0.6) is 17.4 Å². The highest BCUT2D eigenvalue weighted by atomic mass is 16.5. The molecule has 2 aromatic heterocycles. The van der Waals surface area contributed by atoms with Crippen molar-refractivity contribution in [3.05, 3.63) is 90.0 Å². The fourth-order valence-electron chi connectivity index (χ4n) is 3.84. The average molecular weight is 462 g/mol. The van der Waals surface area contributed by atoms with Crippen LogP contribution < -0.4 is 9.47 Å². The molecule has 2 aromatic carbocycles. The van der Waals surface area contributed by atoms with E-state index >= 15 is 0 Å². The molecular formula is C27H31N3O4. The summed E-state index contributed by atoms with van der Waals surface area (Å²) in [7, 11) is 1.63. The molecule has 34 heavy (non-hydrogen) atoms. The SMILES string of the molecule is CC[C@@H](O)CN(Cc1ccco1)Cc1c(C)nn(-c2ccccc2)c1Oc1ccccc1OC. The van der Waals surface area contributed by atoms with Crippen molar-refractivity contribution < 1.29 is 19.0 Å².